The Morgan fingerprint density at radius 2 is 2.10 bits per heavy atom. The second-order valence-corrected chi connectivity index (χ2v) is 5.93. The van der Waals surface area contributed by atoms with Crippen molar-refractivity contribution in [2.45, 2.75) is 45.7 Å². The van der Waals surface area contributed by atoms with Crippen LogP contribution in [0.2, 0.25) is 0 Å². The molecule has 0 saturated heterocycles. The van der Waals surface area contributed by atoms with Crippen LogP contribution in [-0.4, -0.2) is 27.5 Å². The number of aromatic nitrogens is 2. The highest BCUT2D eigenvalue weighted by Gasteiger charge is 2.19. The lowest BCUT2D eigenvalue weighted by atomic mass is 10.0. The van der Waals surface area contributed by atoms with Gasteiger partial charge in [0.1, 0.15) is 12.4 Å². The summed E-state index contributed by atoms with van der Waals surface area (Å²) >= 11 is 0. The molecule has 0 unspecified atom stereocenters. The number of nitrogens with two attached hydrogens (primary N) is 1. The van der Waals surface area contributed by atoms with Gasteiger partial charge in [-0.15, -0.1) is 0 Å². The Balaban J connectivity index is 2.28. The second-order valence-electron chi connectivity index (χ2n) is 5.93. The van der Waals surface area contributed by atoms with Crippen LogP contribution >= 0.6 is 0 Å². The number of imidazole rings is 1. The Hall–Kier alpha value is -1.88. The fourth-order valence-electron chi connectivity index (χ4n) is 2.27. The van der Waals surface area contributed by atoms with Crippen LogP contribution in [0.5, 0.6) is 0 Å². The summed E-state index contributed by atoms with van der Waals surface area (Å²) < 4.78 is 1.96. The van der Waals surface area contributed by atoms with Gasteiger partial charge in [0.25, 0.3) is 0 Å². The first-order valence-corrected chi connectivity index (χ1v) is 7.42. The van der Waals surface area contributed by atoms with Crippen molar-refractivity contribution < 1.29 is 4.79 Å². The fraction of sp³-hybridized carbons (Fsp3) is 0.500. The lowest BCUT2D eigenvalue weighted by molar-refractivity contribution is -0.123. The minimum Gasteiger partial charge on any atom is -0.350 e. The minimum atomic E-state index is -0.193. The molecule has 5 nitrogen and oxygen atoms in total. The van der Waals surface area contributed by atoms with Crippen LogP contribution in [0.3, 0.4) is 0 Å². The van der Waals surface area contributed by atoms with E-state index in [1.54, 1.807) is 0 Å². The van der Waals surface area contributed by atoms with E-state index in [9.17, 15) is 4.79 Å². The molecule has 5 heteroatoms. The number of hydrogen-bond donors (Lipinski definition) is 2. The molecule has 0 bridgehead atoms. The minimum absolute atomic E-state index is 0.00303. The van der Waals surface area contributed by atoms with Crippen molar-refractivity contribution in [2.24, 2.45) is 5.73 Å². The van der Waals surface area contributed by atoms with Gasteiger partial charge in [0.2, 0.25) is 5.91 Å². The predicted octanol–water partition coefficient (Wildman–Crippen LogP) is 1.84. The number of hydrogen-bond acceptors (Lipinski definition) is 3. The summed E-state index contributed by atoms with van der Waals surface area (Å²) in [5.74, 6) is 0.867. The van der Waals surface area contributed by atoms with Crippen LogP contribution in [0.15, 0.2) is 24.3 Å². The van der Waals surface area contributed by atoms with E-state index in [0.29, 0.717) is 13.0 Å². The van der Waals surface area contributed by atoms with Crippen molar-refractivity contribution in [3.63, 3.8) is 0 Å². The summed E-state index contributed by atoms with van der Waals surface area (Å²) in [6.07, 6.45) is 1.55. The van der Waals surface area contributed by atoms with Gasteiger partial charge in [-0.3, -0.25) is 4.79 Å². The van der Waals surface area contributed by atoms with Gasteiger partial charge in [-0.25, -0.2) is 4.98 Å². The molecule has 1 heterocycles. The fourth-order valence-corrected chi connectivity index (χ4v) is 2.27. The maximum Gasteiger partial charge on any atom is 0.240 e. The number of carbonyl (C=O) groups is 1. The zero-order chi connectivity index (χ0) is 15.5. The Morgan fingerprint density at radius 1 is 1.38 bits per heavy atom. The molecule has 2 rings (SSSR count). The molecular formula is C16H24N4O. The molecule has 21 heavy (non-hydrogen) atoms. The van der Waals surface area contributed by atoms with E-state index in [4.69, 9.17) is 5.73 Å². The molecule has 0 fully saturated rings. The zero-order valence-corrected chi connectivity index (χ0v) is 13.0. The molecule has 0 saturated carbocycles. The summed E-state index contributed by atoms with van der Waals surface area (Å²) in [5.41, 5.74) is 7.34. The number of rotatable bonds is 6. The topological polar surface area (TPSA) is 72.9 Å². The molecule has 1 aromatic carbocycles. The molecule has 0 radical (unpaired) electrons. The number of para-hydroxylation sites is 2. The summed E-state index contributed by atoms with van der Waals surface area (Å²) in [6.45, 7) is 6.91. The highest BCUT2D eigenvalue weighted by atomic mass is 16.2. The van der Waals surface area contributed by atoms with Crippen LogP contribution in [0, 0.1) is 0 Å². The van der Waals surface area contributed by atoms with Crippen molar-refractivity contribution in [3.8, 4) is 0 Å². The Bertz CT molecular complexity index is 630. The van der Waals surface area contributed by atoms with Crippen molar-refractivity contribution in [3.05, 3.63) is 30.1 Å². The Kier molecular flexibility index (Phi) is 4.63. The van der Waals surface area contributed by atoms with Crippen LogP contribution in [0.25, 0.3) is 11.0 Å². The molecule has 0 aliphatic heterocycles. The quantitative estimate of drug-likeness (QED) is 0.852. The van der Waals surface area contributed by atoms with Gasteiger partial charge in [-0.05, 0) is 38.9 Å². The average molecular weight is 288 g/mol. The monoisotopic (exact) mass is 288 g/mol. The van der Waals surface area contributed by atoms with Crippen molar-refractivity contribution >= 4 is 16.9 Å². The lowest BCUT2D eigenvalue weighted by Crippen LogP contribution is -2.44. The number of amides is 1. The maximum atomic E-state index is 12.3. The highest BCUT2D eigenvalue weighted by Crippen LogP contribution is 2.16. The van der Waals surface area contributed by atoms with Gasteiger partial charge >= 0.3 is 0 Å². The van der Waals surface area contributed by atoms with Crippen LogP contribution in [0.1, 0.15) is 33.0 Å². The first-order valence-electron chi connectivity index (χ1n) is 7.42. The van der Waals surface area contributed by atoms with E-state index in [1.165, 1.54) is 0 Å². The van der Waals surface area contributed by atoms with Gasteiger partial charge in [0, 0.05) is 12.0 Å². The molecule has 0 atom stereocenters. The predicted molar refractivity (Wildman–Crippen MR) is 85.0 cm³/mol. The smallest absolute Gasteiger partial charge is 0.240 e. The van der Waals surface area contributed by atoms with Gasteiger partial charge < -0.3 is 15.6 Å². The third kappa shape index (κ3) is 3.61. The molecule has 0 aliphatic carbocycles. The Morgan fingerprint density at radius 3 is 2.76 bits per heavy atom. The van der Waals surface area contributed by atoms with Crippen molar-refractivity contribution in [2.75, 3.05) is 6.54 Å². The van der Waals surface area contributed by atoms with Gasteiger partial charge in [0.05, 0.1) is 11.0 Å². The van der Waals surface area contributed by atoms with Crippen LogP contribution < -0.4 is 11.1 Å². The standard InChI is InChI=1S/C16H24N4O/c1-4-16(2,3)19-15(21)11-20-13-8-6-5-7-12(13)18-14(20)9-10-17/h5-8H,4,9-11,17H2,1-3H3,(H,19,21). The number of nitrogens with one attached hydrogen (secondary N) is 1. The normalized spacial score (nSPS) is 11.8. The number of carbonyl (C=O) groups excluding carboxylic acids is 1. The van der Waals surface area contributed by atoms with E-state index in [-0.39, 0.29) is 18.0 Å². The SMILES string of the molecule is CCC(C)(C)NC(=O)Cn1c(CCN)nc2ccccc21. The average Bonchev–Trinajstić information content (AvgIpc) is 2.77. The molecule has 0 spiro atoms. The van der Waals surface area contributed by atoms with E-state index >= 15 is 0 Å². The number of nitrogens with zero attached hydrogens (tertiary/aromatic N) is 2. The number of fused-ring (bicyclic) bond motifs is 1. The lowest BCUT2D eigenvalue weighted by Gasteiger charge is -2.24. The van der Waals surface area contributed by atoms with Gasteiger partial charge in [-0.2, -0.15) is 0 Å². The first-order chi connectivity index (χ1) is 9.96. The maximum absolute atomic E-state index is 12.3. The second kappa shape index (κ2) is 6.26. The van der Waals surface area contributed by atoms with Gasteiger partial charge in [-0.1, -0.05) is 19.1 Å². The largest absolute Gasteiger partial charge is 0.350 e. The molecule has 1 aromatic heterocycles. The molecule has 1 amide bonds. The van der Waals surface area contributed by atoms with Crippen molar-refractivity contribution in [1.82, 2.24) is 14.9 Å². The van der Waals surface area contributed by atoms with E-state index < -0.39 is 0 Å². The van der Waals surface area contributed by atoms with Crippen LogP contribution in [0.4, 0.5) is 0 Å². The highest BCUT2D eigenvalue weighted by molar-refractivity contribution is 5.81. The van der Waals surface area contributed by atoms with Crippen molar-refractivity contribution in [1.29, 1.82) is 0 Å². The summed E-state index contributed by atoms with van der Waals surface area (Å²) in [7, 11) is 0. The van der Waals surface area contributed by atoms with E-state index in [2.05, 4.69) is 17.2 Å². The molecule has 114 valence electrons. The molecule has 0 aliphatic rings. The third-order valence-corrected chi connectivity index (χ3v) is 3.76. The zero-order valence-electron chi connectivity index (χ0n) is 13.0. The van der Waals surface area contributed by atoms with E-state index in [1.807, 2.05) is 42.7 Å². The molecule has 2 aromatic rings. The Labute approximate surface area is 125 Å². The molecular weight excluding hydrogens is 264 g/mol. The first kappa shape index (κ1) is 15.5. The van der Waals surface area contributed by atoms with Gasteiger partial charge in [0.15, 0.2) is 0 Å². The number of benzene rings is 1. The van der Waals surface area contributed by atoms with E-state index in [0.717, 1.165) is 23.3 Å². The molecule has 3 N–H and O–H groups in total. The third-order valence-electron chi connectivity index (χ3n) is 3.76. The summed E-state index contributed by atoms with van der Waals surface area (Å²) in [4.78, 5) is 16.9. The summed E-state index contributed by atoms with van der Waals surface area (Å²) in [5, 5.41) is 3.06. The van der Waals surface area contributed by atoms with Crippen LogP contribution in [-0.2, 0) is 17.8 Å². The summed E-state index contributed by atoms with van der Waals surface area (Å²) in [6, 6.07) is 7.85.